The molecule has 4 rings (SSSR count). The van der Waals surface area contributed by atoms with E-state index in [1.165, 1.54) is 55.6 Å². The Morgan fingerprint density at radius 3 is 2.42 bits per heavy atom. The van der Waals surface area contributed by atoms with Crippen molar-refractivity contribution in [3.63, 3.8) is 0 Å². The summed E-state index contributed by atoms with van der Waals surface area (Å²) < 4.78 is 50.1. The first-order valence-electron chi connectivity index (χ1n) is 12.1. The van der Waals surface area contributed by atoms with Gasteiger partial charge in [0.2, 0.25) is 10.0 Å². The van der Waals surface area contributed by atoms with Crippen LogP contribution in [-0.2, 0) is 22.0 Å². The van der Waals surface area contributed by atoms with Crippen LogP contribution in [0.1, 0.15) is 34.3 Å². The number of hydrogen-bond acceptors (Lipinski definition) is 7. The van der Waals surface area contributed by atoms with Gasteiger partial charge in [0.05, 0.1) is 7.11 Å². The van der Waals surface area contributed by atoms with Gasteiger partial charge in [0.25, 0.3) is 5.91 Å². The fourth-order valence-corrected chi connectivity index (χ4v) is 6.64. The molecule has 3 aromatic carbocycles. The van der Waals surface area contributed by atoms with Crippen molar-refractivity contribution in [1.29, 1.82) is 0 Å². The second kappa shape index (κ2) is 11.4. The summed E-state index contributed by atoms with van der Waals surface area (Å²) in [7, 11) is -2.97. The Kier molecular flexibility index (Phi) is 8.20. The molecule has 9 nitrogen and oxygen atoms in total. The number of carbonyl (C=O) groups is 1. The Balaban J connectivity index is 1.79. The highest BCUT2D eigenvalue weighted by atomic mass is 32.2. The lowest BCUT2D eigenvalue weighted by Gasteiger charge is -2.44. The third-order valence-corrected chi connectivity index (χ3v) is 8.57. The van der Waals surface area contributed by atoms with Gasteiger partial charge in [-0.05, 0) is 73.5 Å². The van der Waals surface area contributed by atoms with Crippen molar-refractivity contribution in [2.45, 2.75) is 30.2 Å². The number of carbonyl (C=O) groups excluding carboxylic acids is 1. The lowest BCUT2D eigenvalue weighted by Crippen LogP contribution is -2.60. The van der Waals surface area contributed by atoms with Crippen molar-refractivity contribution in [2.75, 3.05) is 20.2 Å². The molecule has 1 atom stereocenters. The number of ether oxygens (including phenoxy) is 1. The van der Waals surface area contributed by atoms with E-state index in [1.54, 1.807) is 18.2 Å². The minimum absolute atomic E-state index is 0.0399. The van der Waals surface area contributed by atoms with Crippen LogP contribution in [0.2, 0.25) is 0 Å². The number of piperidine rings is 1. The quantitative estimate of drug-likeness (QED) is 0.280. The standard InChI is InChI=1S/C27H30FN3O6S/c1-37-23-7-3-6-22(33)24(23)25(34)31-26(38(35,36)30-17-18-8-10-21(32)11-9-18)27(12-14-29-15-13-27)19-4-2-5-20(28)16-19/h2-11,16,26,29-30,32-33H,12-15,17H2,1H3,(H,31,34). The Labute approximate surface area is 220 Å². The maximum absolute atomic E-state index is 14.4. The first-order valence-corrected chi connectivity index (χ1v) is 13.6. The summed E-state index contributed by atoms with van der Waals surface area (Å²) in [5.74, 6) is -1.64. The zero-order valence-electron chi connectivity index (χ0n) is 20.8. The predicted molar refractivity (Wildman–Crippen MR) is 140 cm³/mol. The molecule has 5 N–H and O–H groups in total. The largest absolute Gasteiger partial charge is 0.508 e. The molecule has 1 aliphatic rings. The third kappa shape index (κ3) is 5.74. The molecule has 1 unspecified atom stereocenters. The number of benzene rings is 3. The Morgan fingerprint density at radius 2 is 1.76 bits per heavy atom. The highest BCUT2D eigenvalue weighted by molar-refractivity contribution is 7.90. The van der Waals surface area contributed by atoms with Gasteiger partial charge in [-0.2, -0.15) is 0 Å². The molecule has 1 amide bonds. The fourth-order valence-electron chi connectivity index (χ4n) is 4.88. The predicted octanol–water partition coefficient (Wildman–Crippen LogP) is 2.74. The number of phenolic OH excluding ortho intramolecular Hbond substituents is 2. The molecule has 0 aliphatic carbocycles. The number of halogens is 1. The molecule has 202 valence electrons. The van der Waals surface area contributed by atoms with E-state index < -0.39 is 32.5 Å². The van der Waals surface area contributed by atoms with Gasteiger partial charge in [-0.25, -0.2) is 17.5 Å². The summed E-state index contributed by atoms with van der Waals surface area (Å²) in [6.07, 6.45) is 0.582. The molecule has 1 fully saturated rings. The van der Waals surface area contributed by atoms with Gasteiger partial charge in [-0.3, -0.25) is 4.79 Å². The summed E-state index contributed by atoms with van der Waals surface area (Å²) >= 11 is 0. The molecule has 3 aromatic rings. The molecule has 0 aromatic heterocycles. The fraction of sp³-hybridized carbons (Fsp3) is 0.296. The molecule has 11 heteroatoms. The van der Waals surface area contributed by atoms with E-state index in [2.05, 4.69) is 15.4 Å². The van der Waals surface area contributed by atoms with Crippen LogP contribution in [0, 0.1) is 5.82 Å². The van der Waals surface area contributed by atoms with Crippen molar-refractivity contribution >= 4 is 15.9 Å². The van der Waals surface area contributed by atoms with Gasteiger partial charge in [-0.1, -0.05) is 30.3 Å². The number of sulfonamides is 1. The van der Waals surface area contributed by atoms with Gasteiger partial charge in [0.15, 0.2) is 5.37 Å². The number of methoxy groups -OCH3 is 1. The minimum Gasteiger partial charge on any atom is -0.508 e. The van der Waals surface area contributed by atoms with Crippen LogP contribution in [0.25, 0.3) is 0 Å². The monoisotopic (exact) mass is 543 g/mol. The molecule has 1 aliphatic heterocycles. The van der Waals surface area contributed by atoms with Gasteiger partial charge in [0, 0.05) is 12.0 Å². The van der Waals surface area contributed by atoms with E-state index in [0.29, 0.717) is 37.1 Å². The lowest BCUT2D eigenvalue weighted by molar-refractivity contribution is 0.0919. The van der Waals surface area contributed by atoms with Crippen molar-refractivity contribution in [1.82, 2.24) is 15.4 Å². The van der Waals surface area contributed by atoms with Crippen LogP contribution in [0.5, 0.6) is 17.2 Å². The van der Waals surface area contributed by atoms with E-state index in [4.69, 9.17) is 4.74 Å². The molecule has 1 heterocycles. The molecule has 1 saturated heterocycles. The van der Waals surface area contributed by atoms with Gasteiger partial charge in [0.1, 0.15) is 28.6 Å². The number of rotatable bonds is 9. The maximum Gasteiger partial charge on any atom is 0.259 e. The molecular weight excluding hydrogens is 513 g/mol. The van der Waals surface area contributed by atoms with E-state index in [9.17, 15) is 27.8 Å². The van der Waals surface area contributed by atoms with Crippen LogP contribution in [0.4, 0.5) is 4.39 Å². The summed E-state index contributed by atoms with van der Waals surface area (Å²) in [5, 5.41) is 24.3. The van der Waals surface area contributed by atoms with Crippen molar-refractivity contribution < 1.29 is 32.6 Å². The highest BCUT2D eigenvalue weighted by Gasteiger charge is 2.49. The zero-order chi connectivity index (χ0) is 27.3. The Morgan fingerprint density at radius 1 is 1.08 bits per heavy atom. The van der Waals surface area contributed by atoms with Crippen LogP contribution in [-0.4, -0.2) is 50.1 Å². The molecule has 0 spiro atoms. The van der Waals surface area contributed by atoms with Crippen LogP contribution in [0.3, 0.4) is 0 Å². The normalized spacial score (nSPS) is 15.9. The SMILES string of the molecule is COc1cccc(O)c1C(=O)NC(C1(c2cccc(F)c2)CCNCC1)S(=O)(=O)NCc1ccc(O)cc1. The molecule has 0 bridgehead atoms. The molecular formula is C27H30FN3O6S. The van der Waals surface area contributed by atoms with E-state index in [1.807, 2.05) is 0 Å². The van der Waals surface area contributed by atoms with E-state index in [0.717, 1.165) is 0 Å². The summed E-state index contributed by atoms with van der Waals surface area (Å²) in [6.45, 7) is 0.777. The van der Waals surface area contributed by atoms with E-state index >= 15 is 0 Å². The van der Waals surface area contributed by atoms with Gasteiger partial charge >= 0.3 is 0 Å². The number of nitrogens with one attached hydrogen (secondary N) is 3. The molecule has 0 saturated carbocycles. The molecule has 0 radical (unpaired) electrons. The van der Waals surface area contributed by atoms with Gasteiger partial charge < -0.3 is 25.6 Å². The number of hydrogen-bond donors (Lipinski definition) is 5. The van der Waals surface area contributed by atoms with Gasteiger partial charge in [-0.15, -0.1) is 0 Å². The van der Waals surface area contributed by atoms with E-state index in [-0.39, 0.29) is 29.4 Å². The smallest absolute Gasteiger partial charge is 0.259 e. The van der Waals surface area contributed by atoms with Crippen molar-refractivity contribution in [3.05, 3.63) is 89.2 Å². The van der Waals surface area contributed by atoms with Crippen LogP contribution in [0.15, 0.2) is 66.7 Å². The lowest BCUT2D eigenvalue weighted by atomic mass is 9.72. The minimum atomic E-state index is -4.30. The Hall–Kier alpha value is -3.67. The van der Waals surface area contributed by atoms with Crippen molar-refractivity contribution in [3.8, 4) is 17.2 Å². The zero-order valence-corrected chi connectivity index (χ0v) is 21.6. The number of amides is 1. The highest BCUT2D eigenvalue weighted by Crippen LogP contribution is 2.40. The topological polar surface area (TPSA) is 137 Å². The number of phenols is 2. The average molecular weight is 544 g/mol. The first kappa shape index (κ1) is 27.4. The van der Waals surface area contributed by atoms with Crippen LogP contribution < -0.4 is 20.1 Å². The van der Waals surface area contributed by atoms with Crippen molar-refractivity contribution in [2.24, 2.45) is 0 Å². The average Bonchev–Trinajstić information content (AvgIpc) is 2.91. The Bertz CT molecular complexity index is 1390. The maximum atomic E-state index is 14.4. The van der Waals surface area contributed by atoms with Crippen LogP contribution >= 0.6 is 0 Å². The molecule has 38 heavy (non-hydrogen) atoms. The first-order chi connectivity index (χ1) is 18.2. The summed E-state index contributed by atoms with van der Waals surface area (Å²) in [6, 6.07) is 16.0. The summed E-state index contributed by atoms with van der Waals surface area (Å²) in [5.41, 5.74) is -0.383. The second-order valence-electron chi connectivity index (χ2n) is 9.16. The number of aromatic hydroxyl groups is 2. The summed E-state index contributed by atoms with van der Waals surface area (Å²) in [4.78, 5) is 13.5. The second-order valence-corrected chi connectivity index (χ2v) is 11.0. The third-order valence-electron chi connectivity index (χ3n) is 6.83.